The molecule has 0 aromatic heterocycles. The van der Waals surface area contributed by atoms with Crippen molar-refractivity contribution in [2.45, 2.75) is 19.4 Å². The lowest BCUT2D eigenvalue weighted by molar-refractivity contribution is 0.191. The highest BCUT2D eigenvalue weighted by Gasteiger charge is 1.95. The zero-order valence-electron chi connectivity index (χ0n) is 8.74. The highest BCUT2D eigenvalue weighted by Crippen LogP contribution is 2.09. The molecule has 0 aliphatic heterocycles. The second kappa shape index (κ2) is 7.94. The molecule has 2 N–H and O–H groups in total. The third kappa shape index (κ3) is 6.74. The molecule has 0 spiro atoms. The normalized spacial score (nSPS) is 11.9. The molecule has 0 saturated carbocycles. The number of benzene rings is 1. The summed E-state index contributed by atoms with van der Waals surface area (Å²) >= 11 is 5.77. The van der Waals surface area contributed by atoms with Crippen molar-refractivity contribution in [3.8, 4) is 0 Å². The summed E-state index contributed by atoms with van der Waals surface area (Å²) in [5, 5.41) is 12.9. The smallest absolute Gasteiger partial charge is 0.0636 e. The van der Waals surface area contributed by atoms with Crippen molar-refractivity contribution in [1.82, 2.24) is 5.32 Å². The Balaban J connectivity index is 0.00000196. The number of halogens is 2. The number of hydrogen-bond donors (Lipinski definition) is 2. The standard InChI is InChI=1S/C11H16ClNO.ClH/c1-9(14)8-13-7-6-10-2-4-11(12)5-3-10;/h2-5,9,13-14H,6-8H2,1H3;1H. The molecule has 1 aromatic carbocycles. The number of hydrogen-bond acceptors (Lipinski definition) is 2. The van der Waals surface area contributed by atoms with Gasteiger partial charge in [0, 0.05) is 11.6 Å². The summed E-state index contributed by atoms with van der Waals surface area (Å²) in [5.74, 6) is 0. The molecule has 2 nitrogen and oxygen atoms in total. The van der Waals surface area contributed by atoms with E-state index >= 15 is 0 Å². The van der Waals surface area contributed by atoms with Gasteiger partial charge in [-0.25, -0.2) is 0 Å². The van der Waals surface area contributed by atoms with Crippen LogP contribution in [0.1, 0.15) is 12.5 Å². The second-order valence-corrected chi connectivity index (χ2v) is 3.87. The van der Waals surface area contributed by atoms with E-state index in [1.807, 2.05) is 24.3 Å². The number of aliphatic hydroxyl groups excluding tert-OH is 1. The Kier molecular flexibility index (Phi) is 7.79. The van der Waals surface area contributed by atoms with Gasteiger partial charge in [0.25, 0.3) is 0 Å². The first kappa shape index (κ1) is 14.7. The SMILES string of the molecule is CC(O)CNCCc1ccc(Cl)cc1.Cl. The predicted molar refractivity (Wildman–Crippen MR) is 67.0 cm³/mol. The molecule has 0 heterocycles. The van der Waals surface area contributed by atoms with Gasteiger partial charge in [0.05, 0.1) is 6.10 Å². The average molecular weight is 250 g/mol. The summed E-state index contributed by atoms with van der Waals surface area (Å²) in [7, 11) is 0. The monoisotopic (exact) mass is 249 g/mol. The summed E-state index contributed by atoms with van der Waals surface area (Å²) in [6.45, 7) is 3.30. The summed E-state index contributed by atoms with van der Waals surface area (Å²) < 4.78 is 0. The second-order valence-electron chi connectivity index (χ2n) is 3.43. The van der Waals surface area contributed by atoms with Gasteiger partial charge in [-0.05, 0) is 37.6 Å². The lowest BCUT2D eigenvalue weighted by atomic mass is 10.1. The molecular formula is C11H17Cl2NO. The van der Waals surface area contributed by atoms with Gasteiger partial charge < -0.3 is 10.4 Å². The first-order chi connectivity index (χ1) is 6.68. The summed E-state index contributed by atoms with van der Waals surface area (Å²) in [4.78, 5) is 0. The highest BCUT2D eigenvalue weighted by atomic mass is 35.5. The Morgan fingerprint density at radius 3 is 2.47 bits per heavy atom. The Morgan fingerprint density at radius 1 is 1.33 bits per heavy atom. The Morgan fingerprint density at radius 2 is 1.93 bits per heavy atom. The Bertz CT molecular complexity index is 262. The lowest BCUT2D eigenvalue weighted by Crippen LogP contribution is -2.26. The molecule has 0 aliphatic carbocycles. The van der Waals surface area contributed by atoms with Crippen LogP contribution >= 0.6 is 24.0 Å². The van der Waals surface area contributed by atoms with Crippen LogP contribution in [0.4, 0.5) is 0 Å². The van der Waals surface area contributed by atoms with Gasteiger partial charge in [-0.3, -0.25) is 0 Å². The van der Waals surface area contributed by atoms with Gasteiger partial charge in [0.1, 0.15) is 0 Å². The van der Waals surface area contributed by atoms with Crippen molar-refractivity contribution >= 4 is 24.0 Å². The van der Waals surface area contributed by atoms with E-state index in [2.05, 4.69) is 5.32 Å². The van der Waals surface area contributed by atoms with E-state index in [0.717, 1.165) is 18.0 Å². The van der Waals surface area contributed by atoms with Crippen molar-refractivity contribution in [2.24, 2.45) is 0 Å². The first-order valence-electron chi connectivity index (χ1n) is 4.81. The van der Waals surface area contributed by atoms with Crippen LogP contribution in [0.5, 0.6) is 0 Å². The molecular weight excluding hydrogens is 233 g/mol. The third-order valence-corrected chi connectivity index (χ3v) is 2.20. The minimum Gasteiger partial charge on any atom is -0.392 e. The summed E-state index contributed by atoms with van der Waals surface area (Å²) in [5.41, 5.74) is 1.26. The van der Waals surface area contributed by atoms with Crippen molar-refractivity contribution < 1.29 is 5.11 Å². The van der Waals surface area contributed by atoms with Gasteiger partial charge in [0.2, 0.25) is 0 Å². The van der Waals surface area contributed by atoms with Gasteiger partial charge >= 0.3 is 0 Å². The largest absolute Gasteiger partial charge is 0.392 e. The van der Waals surface area contributed by atoms with Crippen LogP contribution in [0.2, 0.25) is 5.02 Å². The first-order valence-corrected chi connectivity index (χ1v) is 5.19. The van der Waals surface area contributed by atoms with Gasteiger partial charge in [-0.15, -0.1) is 12.4 Å². The van der Waals surface area contributed by atoms with Crippen LogP contribution in [0.25, 0.3) is 0 Å². The Labute approximate surface area is 102 Å². The van der Waals surface area contributed by atoms with E-state index in [0.29, 0.717) is 6.54 Å². The molecule has 0 bridgehead atoms. The van der Waals surface area contributed by atoms with Crippen molar-refractivity contribution in [3.63, 3.8) is 0 Å². The van der Waals surface area contributed by atoms with Crippen molar-refractivity contribution in [2.75, 3.05) is 13.1 Å². The van der Waals surface area contributed by atoms with E-state index in [4.69, 9.17) is 16.7 Å². The molecule has 0 amide bonds. The predicted octanol–water partition coefficient (Wildman–Crippen LogP) is 2.27. The molecule has 1 rings (SSSR count). The number of rotatable bonds is 5. The highest BCUT2D eigenvalue weighted by molar-refractivity contribution is 6.30. The lowest BCUT2D eigenvalue weighted by Gasteiger charge is -2.06. The van der Waals surface area contributed by atoms with Crippen LogP contribution in [-0.4, -0.2) is 24.3 Å². The third-order valence-electron chi connectivity index (χ3n) is 1.94. The maximum atomic E-state index is 9.01. The van der Waals surface area contributed by atoms with Crippen LogP contribution in [-0.2, 0) is 6.42 Å². The molecule has 4 heteroatoms. The van der Waals surface area contributed by atoms with E-state index in [1.54, 1.807) is 6.92 Å². The number of nitrogens with one attached hydrogen (secondary N) is 1. The Hall–Kier alpha value is -0.280. The quantitative estimate of drug-likeness (QED) is 0.786. The fraction of sp³-hybridized carbons (Fsp3) is 0.455. The fourth-order valence-electron chi connectivity index (χ4n) is 1.19. The minimum atomic E-state index is -0.278. The van der Waals surface area contributed by atoms with E-state index in [1.165, 1.54) is 5.56 Å². The molecule has 1 unspecified atom stereocenters. The molecule has 1 aromatic rings. The maximum Gasteiger partial charge on any atom is 0.0636 e. The maximum absolute atomic E-state index is 9.01. The molecule has 15 heavy (non-hydrogen) atoms. The summed E-state index contributed by atoms with van der Waals surface area (Å²) in [6.07, 6.45) is 0.685. The van der Waals surface area contributed by atoms with Crippen molar-refractivity contribution in [1.29, 1.82) is 0 Å². The van der Waals surface area contributed by atoms with Crippen LogP contribution in [0.3, 0.4) is 0 Å². The molecule has 1 atom stereocenters. The zero-order valence-corrected chi connectivity index (χ0v) is 10.3. The molecule has 0 radical (unpaired) electrons. The topological polar surface area (TPSA) is 32.3 Å². The van der Waals surface area contributed by atoms with E-state index in [-0.39, 0.29) is 18.5 Å². The van der Waals surface area contributed by atoms with Crippen LogP contribution in [0, 0.1) is 0 Å². The van der Waals surface area contributed by atoms with E-state index in [9.17, 15) is 0 Å². The van der Waals surface area contributed by atoms with Gasteiger partial charge in [0.15, 0.2) is 0 Å². The minimum absolute atomic E-state index is 0. The zero-order chi connectivity index (χ0) is 10.4. The van der Waals surface area contributed by atoms with Crippen LogP contribution < -0.4 is 5.32 Å². The molecule has 0 aliphatic rings. The molecule has 0 fully saturated rings. The van der Waals surface area contributed by atoms with Crippen molar-refractivity contribution in [3.05, 3.63) is 34.9 Å². The van der Waals surface area contributed by atoms with E-state index < -0.39 is 0 Å². The van der Waals surface area contributed by atoms with Gasteiger partial charge in [-0.1, -0.05) is 23.7 Å². The average Bonchev–Trinajstić information content (AvgIpc) is 2.15. The number of aliphatic hydroxyl groups is 1. The fourth-order valence-corrected chi connectivity index (χ4v) is 1.32. The molecule has 0 saturated heterocycles. The van der Waals surface area contributed by atoms with Gasteiger partial charge in [-0.2, -0.15) is 0 Å². The summed E-state index contributed by atoms with van der Waals surface area (Å²) in [6, 6.07) is 7.83. The molecule has 86 valence electrons. The van der Waals surface area contributed by atoms with Crippen LogP contribution in [0.15, 0.2) is 24.3 Å².